The molecule has 11 heavy (non-hydrogen) atoms. The van der Waals surface area contributed by atoms with Crippen LogP contribution >= 0.6 is 11.8 Å². The van der Waals surface area contributed by atoms with E-state index in [0.29, 0.717) is 3.92 Å². The van der Waals surface area contributed by atoms with Crippen molar-refractivity contribution < 1.29 is 0 Å². The van der Waals surface area contributed by atoms with Crippen LogP contribution in [0.15, 0.2) is 29.7 Å². The van der Waals surface area contributed by atoms with Gasteiger partial charge in [-0.05, 0) is 0 Å². The third-order valence-electron chi connectivity index (χ3n) is 1.96. The molecule has 0 bridgehead atoms. The van der Waals surface area contributed by atoms with Crippen LogP contribution in [0.5, 0.6) is 0 Å². The molecular formula is C9H7LiS. The van der Waals surface area contributed by atoms with Gasteiger partial charge >= 0.3 is 80.3 Å². The summed E-state index contributed by atoms with van der Waals surface area (Å²) in [5, 5.41) is 2.17. The van der Waals surface area contributed by atoms with Gasteiger partial charge in [-0.15, -0.1) is 0 Å². The monoisotopic (exact) mass is 154 g/mol. The maximum atomic E-state index is 2.24. The van der Waals surface area contributed by atoms with Crippen LogP contribution < -0.4 is 0 Å². The molecule has 1 atom stereocenters. The van der Waals surface area contributed by atoms with Gasteiger partial charge in [-0.25, -0.2) is 0 Å². The van der Waals surface area contributed by atoms with Gasteiger partial charge in [0, 0.05) is 0 Å². The molecule has 0 aromatic heterocycles. The van der Waals surface area contributed by atoms with Crippen molar-refractivity contribution in [1.82, 2.24) is 0 Å². The Morgan fingerprint density at radius 1 is 1.27 bits per heavy atom. The molecule has 1 aliphatic heterocycles. The van der Waals surface area contributed by atoms with Crippen LogP contribution in [0.2, 0.25) is 0 Å². The van der Waals surface area contributed by atoms with E-state index in [4.69, 9.17) is 0 Å². The van der Waals surface area contributed by atoms with Gasteiger partial charge in [-0.2, -0.15) is 0 Å². The summed E-state index contributed by atoms with van der Waals surface area (Å²) in [7, 11) is 0. The van der Waals surface area contributed by atoms with E-state index >= 15 is 0 Å². The Morgan fingerprint density at radius 3 is 2.91 bits per heavy atom. The van der Waals surface area contributed by atoms with Crippen molar-refractivity contribution in [3.63, 3.8) is 0 Å². The zero-order valence-electron chi connectivity index (χ0n) is 6.45. The van der Waals surface area contributed by atoms with Crippen LogP contribution in [0.4, 0.5) is 0 Å². The normalized spacial score (nSPS) is 21.5. The van der Waals surface area contributed by atoms with E-state index in [0.717, 1.165) is 0 Å². The van der Waals surface area contributed by atoms with Crippen molar-refractivity contribution >= 4 is 35.6 Å². The van der Waals surface area contributed by atoms with Gasteiger partial charge in [0.2, 0.25) is 0 Å². The Morgan fingerprint density at radius 2 is 2.09 bits per heavy atom. The quantitative estimate of drug-likeness (QED) is 0.517. The first kappa shape index (κ1) is 7.55. The van der Waals surface area contributed by atoms with Crippen LogP contribution in [0, 0.1) is 0 Å². The van der Waals surface area contributed by atoms with Crippen molar-refractivity contribution in [3.8, 4) is 0 Å². The van der Waals surface area contributed by atoms with E-state index < -0.39 is 0 Å². The molecular weight excluding hydrogens is 147 g/mol. The Balaban J connectivity index is 2.54. The molecule has 0 fully saturated rings. The number of thioether (sulfide) groups is 1. The average Bonchev–Trinajstić information content (AvgIpc) is 2.06. The zero-order valence-corrected chi connectivity index (χ0v) is 7.27. The standard InChI is InChI=1S/C9H7S.Li/c1-2-4-9-7-10-6-5-8(9)3-1;/h1-7H;. The summed E-state index contributed by atoms with van der Waals surface area (Å²) >= 11 is 4.12. The Hall–Kier alpha value is -0.0926. The molecule has 50 valence electrons. The predicted octanol–water partition coefficient (Wildman–Crippen LogP) is 2.57. The third-order valence-corrected chi connectivity index (χ3v) is 2.92. The second-order valence-electron chi connectivity index (χ2n) is 2.71. The summed E-state index contributed by atoms with van der Waals surface area (Å²) in [6, 6.07) is 8.57. The molecule has 0 N–H and O–H groups in total. The fourth-order valence-corrected chi connectivity index (χ4v) is 2.16. The van der Waals surface area contributed by atoms with Crippen molar-refractivity contribution in [2.75, 3.05) is 0 Å². The first-order chi connectivity index (χ1) is 5.38. The van der Waals surface area contributed by atoms with Gasteiger partial charge in [-0.3, -0.25) is 0 Å². The molecule has 0 spiro atoms. The van der Waals surface area contributed by atoms with Gasteiger partial charge in [0.15, 0.2) is 0 Å². The van der Waals surface area contributed by atoms with Crippen molar-refractivity contribution in [2.45, 2.75) is 3.92 Å². The Labute approximate surface area is 80.3 Å². The number of fused-ring (bicyclic) bond motifs is 1. The van der Waals surface area contributed by atoms with Gasteiger partial charge in [0.25, 0.3) is 0 Å². The second kappa shape index (κ2) is 3.11. The second-order valence-corrected chi connectivity index (χ2v) is 3.96. The zero-order chi connectivity index (χ0) is 7.68. The molecule has 0 radical (unpaired) electrons. The van der Waals surface area contributed by atoms with Gasteiger partial charge < -0.3 is 0 Å². The molecule has 1 aromatic rings. The summed E-state index contributed by atoms with van der Waals surface area (Å²) in [4.78, 5) is 0. The van der Waals surface area contributed by atoms with E-state index in [1.54, 1.807) is 0 Å². The molecule has 1 aromatic carbocycles. The number of benzene rings is 1. The van der Waals surface area contributed by atoms with Crippen molar-refractivity contribution in [3.05, 3.63) is 40.8 Å². The maximum absolute atomic E-state index is 2.24. The molecule has 0 saturated carbocycles. The minimum atomic E-state index is 0.621. The number of hydrogen-bond donors (Lipinski definition) is 0. The summed E-state index contributed by atoms with van der Waals surface area (Å²) in [5.41, 5.74) is 2.83. The summed E-state index contributed by atoms with van der Waals surface area (Å²) in [6.45, 7) is 0. The predicted molar refractivity (Wildman–Crippen MR) is 51.6 cm³/mol. The first-order valence-corrected chi connectivity index (χ1v) is 4.73. The average molecular weight is 154 g/mol. The van der Waals surface area contributed by atoms with Crippen molar-refractivity contribution in [1.29, 1.82) is 0 Å². The number of hydrogen-bond acceptors (Lipinski definition) is 1. The van der Waals surface area contributed by atoms with Gasteiger partial charge in [0.05, 0.1) is 0 Å². The summed E-state index contributed by atoms with van der Waals surface area (Å²) in [5.74, 6) is 0. The fraction of sp³-hybridized carbons (Fsp3) is 0.111. The van der Waals surface area contributed by atoms with Crippen molar-refractivity contribution in [2.24, 2.45) is 0 Å². The molecule has 1 aliphatic rings. The van der Waals surface area contributed by atoms with Gasteiger partial charge in [0.1, 0.15) is 0 Å². The van der Waals surface area contributed by atoms with E-state index in [9.17, 15) is 0 Å². The molecule has 0 aliphatic carbocycles. The van der Waals surface area contributed by atoms with Crippen LogP contribution in [-0.2, 0) is 0 Å². The van der Waals surface area contributed by atoms with Crippen LogP contribution in [0.25, 0.3) is 6.08 Å². The molecule has 0 saturated heterocycles. The topological polar surface area (TPSA) is 0 Å². The molecule has 1 unspecified atom stereocenters. The van der Waals surface area contributed by atoms with Crippen LogP contribution in [0.1, 0.15) is 15.0 Å². The minimum absolute atomic E-state index is 0.621. The third kappa shape index (κ3) is 1.42. The molecule has 1 heterocycles. The van der Waals surface area contributed by atoms with E-state index in [-0.39, 0.29) is 0 Å². The number of rotatable bonds is 0. The molecule has 2 rings (SSSR count). The van der Waals surface area contributed by atoms with E-state index in [2.05, 4.69) is 53.5 Å². The van der Waals surface area contributed by atoms with E-state index in [1.807, 2.05) is 11.8 Å². The molecule has 0 amide bonds. The van der Waals surface area contributed by atoms with Gasteiger partial charge in [-0.1, -0.05) is 0 Å². The Kier molecular flexibility index (Phi) is 2.13. The first-order valence-electron chi connectivity index (χ1n) is 3.79. The summed E-state index contributed by atoms with van der Waals surface area (Å²) < 4.78 is 0.621. The van der Waals surface area contributed by atoms with Crippen LogP contribution in [0.3, 0.4) is 0 Å². The SMILES string of the molecule is [Li][CH]1SC=Cc2ccccc21. The molecule has 0 nitrogen and oxygen atoms in total. The fourth-order valence-electron chi connectivity index (χ4n) is 1.34. The van der Waals surface area contributed by atoms with Crippen LogP contribution in [-0.4, -0.2) is 17.7 Å². The summed E-state index contributed by atoms with van der Waals surface area (Å²) in [6.07, 6.45) is 2.18. The molecule has 2 heteroatoms. The Bertz CT molecular complexity index is 293. The van der Waals surface area contributed by atoms with E-state index in [1.165, 1.54) is 11.1 Å².